The number of carbonyl (C=O) groups is 1. The third-order valence-corrected chi connectivity index (χ3v) is 5.25. The van der Waals surface area contributed by atoms with Crippen LogP contribution < -0.4 is 15.4 Å². The summed E-state index contributed by atoms with van der Waals surface area (Å²) in [5, 5.41) is 17.2. The number of alkyl carbamates (subject to hydrolysis) is 1. The van der Waals surface area contributed by atoms with Crippen molar-refractivity contribution in [2.45, 2.75) is 32.2 Å². The minimum absolute atomic E-state index is 0.00608. The Morgan fingerprint density at radius 3 is 2.29 bits per heavy atom. The largest absolute Gasteiger partial charge is 0.497 e. The highest BCUT2D eigenvalue weighted by Crippen LogP contribution is 2.27. The van der Waals surface area contributed by atoms with Gasteiger partial charge in [0.1, 0.15) is 18.6 Å². The summed E-state index contributed by atoms with van der Waals surface area (Å²) in [4.78, 5) is 23.0. The third-order valence-electron chi connectivity index (χ3n) is 5.25. The van der Waals surface area contributed by atoms with Crippen molar-refractivity contribution in [3.8, 4) is 5.75 Å². The first-order valence-corrected chi connectivity index (χ1v) is 11.2. The van der Waals surface area contributed by atoms with E-state index < -0.39 is 17.2 Å². The summed E-state index contributed by atoms with van der Waals surface area (Å²) in [6.07, 6.45) is -0.852. The first-order valence-electron chi connectivity index (χ1n) is 11.2. The molecule has 0 saturated heterocycles. The summed E-state index contributed by atoms with van der Waals surface area (Å²) < 4.78 is 16.4. The smallest absolute Gasteiger partial charge is 0.409 e. The van der Waals surface area contributed by atoms with Crippen molar-refractivity contribution < 1.29 is 23.9 Å². The zero-order chi connectivity index (χ0) is 25.0. The van der Waals surface area contributed by atoms with E-state index in [1.54, 1.807) is 19.2 Å². The highest BCUT2D eigenvalue weighted by atomic mass is 16.6. The van der Waals surface area contributed by atoms with Gasteiger partial charge in [-0.15, -0.1) is 0 Å². The fraction of sp³-hybridized carbons (Fsp3) is 0.269. The summed E-state index contributed by atoms with van der Waals surface area (Å²) >= 11 is 0. The minimum atomic E-state index is -0.638. The Morgan fingerprint density at radius 2 is 1.69 bits per heavy atom. The molecule has 0 aromatic heterocycles. The van der Waals surface area contributed by atoms with E-state index in [2.05, 4.69) is 10.6 Å². The first kappa shape index (κ1) is 25.5. The fourth-order valence-corrected chi connectivity index (χ4v) is 3.48. The van der Waals surface area contributed by atoms with Gasteiger partial charge in [-0.1, -0.05) is 42.5 Å². The molecule has 0 radical (unpaired) electrons. The van der Waals surface area contributed by atoms with E-state index in [0.29, 0.717) is 24.5 Å². The summed E-state index contributed by atoms with van der Waals surface area (Å²) in [6.45, 7) is 2.38. The van der Waals surface area contributed by atoms with E-state index in [0.717, 1.165) is 11.1 Å². The molecule has 3 aromatic carbocycles. The van der Waals surface area contributed by atoms with Crippen LogP contribution >= 0.6 is 0 Å². The van der Waals surface area contributed by atoms with Crippen molar-refractivity contribution in [2.75, 3.05) is 19.0 Å². The molecule has 0 aliphatic rings. The molecule has 2 atom stereocenters. The standard InChI is InChI=1S/C26H29N3O6/c1-3-34-25(28-26(30)35-18-19-7-5-4-6-8-19)17-24(20-9-15-23(33-2)16-10-20)27-21-11-13-22(14-12-21)29(31)32/h4-16,24-25,27H,3,17-18H2,1-2H3,(H,28,30)/t24-,25?/m0/s1. The lowest BCUT2D eigenvalue weighted by atomic mass is 10.0. The number of nitro groups is 1. The van der Waals surface area contributed by atoms with Crippen molar-refractivity contribution in [3.05, 3.63) is 100 Å². The van der Waals surface area contributed by atoms with Crippen molar-refractivity contribution >= 4 is 17.5 Å². The molecule has 0 fully saturated rings. The summed E-state index contributed by atoms with van der Waals surface area (Å²) in [6, 6.07) is 22.8. The van der Waals surface area contributed by atoms with Gasteiger partial charge in [0.05, 0.1) is 18.1 Å². The Balaban J connectivity index is 1.73. The molecule has 0 spiro atoms. The highest BCUT2D eigenvalue weighted by Gasteiger charge is 2.21. The molecule has 35 heavy (non-hydrogen) atoms. The Labute approximate surface area is 204 Å². The van der Waals surface area contributed by atoms with Crippen molar-refractivity contribution in [1.82, 2.24) is 5.32 Å². The van der Waals surface area contributed by atoms with Gasteiger partial charge in [0.25, 0.3) is 5.69 Å². The lowest BCUT2D eigenvalue weighted by molar-refractivity contribution is -0.384. The topological polar surface area (TPSA) is 112 Å². The molecule has 184 valence electrons. The molecule has 9 nitrogen and oxygen atoms in total. The van der Waals surface area contributed by atoms with Gasteiger partial charge in [0, 0.05) is 30.8 Å². The number of methoxy groups -OCH3 is 1. The quantitative estimate of drug-likeness (QED) is 0.202. The summed E-state index contributed by atoms with van der Waals surface area (Å²) in [5.74, 6) is 0.715. The van der Waals surface area contributed by atoms with E-state index >= 15 is 0 Å². The molecule has 0 saturated carbocycles. The van der Waals surface area contributed by atoms with Crippen LogP contribution in [0.4, 0.5) is 16.2 Å². The molecule has 2 N–H and O–H groups in total. The lowest BCUT2D eigenvalue weighted by Gasteiger charge is -2.26. The molecule has 1 unspecified atom stereocenters. The zero-order valence-corrected chi connectivity index (χ0v) is 19.7. The monoisotopic (exact) mass is 479 g/mol. The number of nitrogens with zero attached hydrogens (tertiary/aromatic N) is 1. The second-order valence-electron chi connectivity index (χ2n) is 7.66. The number of nitro benzene ring substituents is 1. The molecule has 3 aromatic rings. The Morgan fingerprint density at radius 1 is 1.00 bits per heavy atom. The number of nitrogens with one attached hydrogen (secondary N) is 2. The average Bonchev–Trinajstić information content (AvgIpc) is 2.88. The van der Waals surface area contributed by atoms with E-state index in [1.165, 1.54) is 12.1 Å². The van der Waals surface area contributed by atoms with Crippen LogP contribution in [0, 0.1) is 10.1 Å². The maximum absolute atomic E-state index is 12.4. The summed E-state index contributed by atoms with van der Waals surface area (Å²) in [5.41, 5.74) is 2.50. The van der Waals surface area contributed by atoms with Crippen LogP contribution in [-0.2, 0) is 16.1 Å². The third kappa shape index (κ3) is 8.01. The normalized spacial score (nSPS) is 12.3. The van der Waals surface area contributed by atoms with Crippen molar-refractivity contribution in [2.24, 2.45) is 0 Å². The maximum Gasteiger partial charge on any atom is 0.409 e. The van der Waals surface area contributed by atoms with Crippen LogP contribution in [0.5, 0.6) is 5.75 Å². The predicted octanol–water partition coefficient (Wildman–Crippen LogP) is 5.44. The van der Waals surface area contributed by atoms with Gasteiger partial charge in [0.15, 0.2) is 0 Å². The molecule has 1 amide bonds. The molecular formula is C26H29N3O6. The van der Waals surface area contributed by atoms with Crippen LogP contribution in [0.25, 0.3) is 0 Å². The molecule has 0 aliphatic carbocycles. The van der Waals surface area contributed by atoms with E-state index in [1.807, 2.05) is 61.5 Å². The number of carbonyl (C=O) groups excluding carboxylic acids is 1. The Bertz CT molecular complexity index is 1070. The van der Waals surface area contributed by atoms with Crippen LogP contribution in [0.15, 0.2) is 78.9 Å². The van der Waals surface area contributed by atoms with Gasteiger partial charge >= 0.3 is 6.09 Å². The molecular weight excluding hydrogens is 450 g/mol. The average molecular weight is 480 g/mol. The molecule has 9 heteroatoms. The van der Waals surface area contributed by atoms with Crippen LogP contribution in [0.2, 0.25) is 0 Å². The van der Waals surface area contributed by atoms with Crippen LogP contribution in [-0.4, -0.2) is 31.0 Å². The Hall–Kier alpha value is -4.11. The lowest BCUT2D eigenvalue weighted by Crippen LogP contribution is -2.39. The summed E-state index contributed by atoms with van der Waals surface area (Å²) in [7, 11) is 1.59. The minimum Gasteiger partial charge on any atom is -0.497 e. The van der Waals surface area contributed by atoms with E-state index in [-0.39, 0.29) is 18.3 Å². The first-order chi connectivity index (χ1) is 17.0. The van der Waals surface area contributed by atoms with Gasteiger partial charge < -0.3 is 19.5 Å². The van der Waals surface area contributed by atoms with E-state index in [9.17, 15) is 14.9 Å². The molecule has 0 aliphatic heterocycles. The number of hydrogen-bond donors (Lipinski definition) is 2. The second kappa shape index (κ2) is 13.0. The predicted molar refractivity (Wildman–Crippen MR) is 132 cm³/mol. The molecule has 0 bridgehead atoms. The van der Waals surface area contributed by atoms with Gasteiger partial charge in [-0.05, 0) is 42.3 Å². The van der Waals surface area contributed by atoms with Crippen molar-refractivity contribution in [3.63, 3.8) is 0 Å². The molecule has 3 rings (SSSR count). The van der Waals surface area contributed by atoms with Gasteiger partial charge in [0.2, 0.25) is 0 Å². The number of benzene rings is 3. The van der Waals surface area contributed by atoms with Crippen LogP contribution in [0.3, 0.4) is 0 Å². The van der Waals surface area contributed by atoms with E-state index in [4.69, 9.17) is 14.2 Å². The maximum atomic E-state index is 12.4. The highest BCUT2D eigenvalue weighted by molar-refractivity contribution is 5.67. The van der Waals surface area contributed by atoms with Gasteiger partial charge in [-0.2, -0.15) is 0 Å². The number of ether oxygens (including phenoxy) is 3. The number of non-ortho nitro benzene ring substituents is 1. The zero-order valence-electron chi connectivity index (χ0n) is 19.7. The SMILES string of the molecule is CCOC(C[C@H](Nc1ccc([N+](=O)[O-])cc1)c1ccc(OC)cc1)NC(=O)OCc1ccccc1. The molecule has 0 heterocycles. The number of amides is 1. The van der Waals surface area contributed by atoms with Crippen LogP contribution in [0.1, 0.15) is 30.5 Å². The fourth-order valence-electron chi connectivity index (χ4n) is 3.48. The van der Waals surface area contributed by atoms with Gasteiger partial charge in [-0.3, -0.25) is 15.4 Å². The number of anilines is 1. The number of hydrogen-bond acceptors (Lipinski definition) is 7. The second-order valence-corrected chi connectivity index (χ2v) is 7.66. The van der Waals surface area contributed by atoms with Crippen molar-refractivity contribution in [1.29, 1.82) is 0 Å². The van der Waals surface area contributed by atoms with Gasteiger partial charge in [-0.25, -0.2) is 4.79 Å². The Kier molecular flexibility index (Phi) is 9.44. The number of rotatable bonds is 12.